The second-order valence-electron chi connectivity index (χ2n) is 7.19. The highest BCUT2D eigenvalue weighted by atomic mass is 19.4. The van der Waals surface area contributed by atoms with Crippen LogP contribution < -0.4 is 16.4 Å². The van der Waals surface area contributed by atoms with Crippen molar-refractivity contribution in [2.24, 2.45) is 5.73 Å². The molecule has 1 aromatic carbocycles. The normalized spacial score (nSPS) is 19.9. The SMILES string of the molecule is N[C@@H]1CCCC[C@@H]1Nc1nc(Nc2ccc(C(F)(F)F)cc2)c2cnccc2n1. The van der Waals surface area contributed by atoms with Crippen molar-refractivity contribution in [3.8, 4) is 0 Å². The van der Waals surface area contributed by atoms with E-state index >= 15 is 0 Å². The highest BCUT2D eigenvalue weighted by Crippen LogP contribution is 2.31. The number of aromatic nitrogens is 3. The van der Waals surface area contributed by atoms with Gasteiger partial charge in [-0.15, -0.1) is 0 Å². The number of anilines is 3. The van der Waals surface area contributed by atoms with Crippen LogP contribution >= 0.6 is 0 Å². The third-order valence-corrected chi connectivity index (χ3v) is 5.11. The van der Waals surface area contributed by atoms with Crippen LogP contribution in [0.4, 0.5) is 30.6 Å². The second-order valence-corrected chi connectivity index (χ2v) is 7.19. The molecule has 4 rings (SSSR count). The zero-order valence-electron chi connectivity index (χ0n) is 15.6. The third-order valence-electron chi connectivity index (χ3n) is 5.11. The molecular formula is C20H21F3N6. The fourth-order valence-electron chi connectivity index (χ4n) is 3.52. The first-order valence-electron chi connectivity index (χ1n) is 9.48. The fraction of sp³-hybridized carbons (Fsp3) is 0.350. The van der Waals surface area contributed by atoms with Crippen molar-refractivity contribution in [3.05, 3.63) is 48.3 Å². The lowest BCUT2D eigenvalue weighted by atomic mass is 9.91. The van der Waals surface area contributed by atoms with Gasteiger partial charge in [-0.3, -0.25) is 4.98 Å². The molecule has 4 N–H and O–H groups in total. The Kier molecular flexibility index (Phi) is 5.23. The van der Waals surface area contributed by atoms with Crippen LogP contribution in [0.3, 0.4) is 0 Å². The van der Waals surface area contributed by atoms with E-state index in [2.05, 4.69) is 25.6 Å². The molecule has 0 saturated heterocycles. The van der Waals surface area contributed by atoms with Gasteiger partial charge in [-0.2, -0.15) is 18.2 Å². The maximum atomic E-state index is 12.8. The van der Waals surface area contributed by atoms with Gasteiger partial charge >= 0.3 is 6.18 Å². The minimum absolute atomic E-state index is 0.0341. The summed E-state index contributed by atoms with van der Waals surface area (Å²) in [5.74, 6) is 0.898. The third kappa shape index (κ3) is 4.40. The summed E-state index contributed by atoms with van der Waals surface area (Å²) in [4.78, 5) is 13.2. The summed E-state index contributed by atoms with van der Waals surface area (Å²) in [5, 5.41) is 7.08. The monoisotopic (exact) mass is 402 g/mol. The van der Waals surface area contributed by atoms with Gasteiger partial charge in [-0.1, -0.05) is 12.8 Å². The van der Waals surface area contributed by atoms with Crippen molar-refractivity contribution >= 4 is 28.4 Å². The van der Waals surface area contributed by atoms with Crippen LogP contribution in [0.25, 0.3) is 10.9 Å². The van der Waals surface area contributed by atoms with E-state index in [9.17, 15) is 13.2 Å². The minimum Gasteiger partial charge on any atom is -0.350 e. The smallest absolute Gasteiger partial charge is 0.350 e. The van der Waals surface area contributed by atoms with E-state index in [0.717, 1.165) is 37.8 Å². The number of halogens is 3. The van der Waals surface area contributed by atoms with Crippen molar-refractivity contribution < 1.29 is 13.2 Å². The molecule has 2 heterocycles. The lowest BCUT2D eigenvalue weighted by Gasteiger charge is -2.29. The number of pyridine rings is 1. The molecule has 1 aliphatic rings. The predicted molar refractivity (Wildman–Crippen MR) is 106 cm³/mol. The Labute approximate surface area is 165 Å². The molecule has 0 aliphatic heterocycles. The van der Waals surface area contributed by atoms with E-state index in [1.54, 1.807) is 18.5 Å². The van der Waals surface area contributed by atoms with Crippen molar-refractivity contribution in [1.29, 1.82) is 0 Å². The summed E-state index contributed by atoms with van der Waals surface area (Å²) in [7, 11) is 0. The number of rotatable bonds is 4. The van der Waals surface area contributed by atoms with E-state index in [-0.39, 0.29) is 12.1 Å². The highest BCUT2D eigenvalue weighted by Gasteiger charge is 2.30. The van der Waals surface area contributed by atoms with Gasteiger partial charge in [0, 0.05) is 30.2 Å². The molecule has 2 aromatic heterocycles. The van der Waals surface area contributed by atoms with Crippen molar-refractivity contribution in [3.63, 3.8) is 0 Å². The maximum absolute atomic E-state index is 12.8. The molecule has 1 aliphatic carbocycles. The van der Waals surface area contributed by atoms with Gasteiger partial charge in [0.2, 0.25) is 5.95 Å². The molecule has 1 fully saturated rings. The fourth-order valence-corrected chi connectivity index (χ4v) is 3.52. The molecule has 2 atom stereocenters. The topological polar surface area (TPSA) is 88.8 Å². The molecule has 9 heteroatoms. The lowest BCUT2D eigenvalue weighted by molar-refractivity contribution is -0.137. The molecule has 29 heavy (non-hydrogen) atoms. The molecule has 6 nitrogen and oxygen atoms in total. The summed E-state index contributed by atoms with van der Waals surface area (Å²) in [6, 6.07) is 6.69. The van der Waals surface area contributed by atoms with Crippen LogP contribution in [0.5, 0.6) is 0 Å². The van der Waals surface area contributed by atoms with Gasteiger partial charge in [-0.25, -0.2) is 4.98 Å². The van der Waals surface area contributed by atoms with Crippen LogP contribution in [0.15, 0.2) is 42.7 Å². The van der Waals surface area contributed by atoms with Crippen LogP contribution in [0.2, 0.25) is 0 Å². The number of alkyl halides is 3. The van der Waals surface area contributed by atoms with Gasteiger partial charge < -0.3 is 16.4 Å². The zero-order valence-corrected chi connectivity index (χ0v) is 15.6. The summed E-state index contributed by atoms with van der Waals surface area (Å²) < 4.78 is 38.4. The lowest BCUT2D eigenvalue weighted by Crippen LogP contribution is -2.43. The van der Waals surface area contributed by atoms with Crippen LogP contribution in [0, 0.1) is 0 Å². The van der Waals surface area contributed by atoms with E-state index in [4.69, 9.17) is 5.73 Å². The van der Waals surface area contributed by atoms with Crippen molar-refractivity contribution in [1.82, 2.24) is 15.0 Å². The van der Waals surface area contributed by atoms with E-state index in [1.807, 2.05) is 0 Å². The molecule has 152 valence electrons. The Morgan fingerprint density at radius 2 is 1.76 bits per heavy atom. The zero-order chi connectivity index (χ0) is 20.4. The molecule has 0 unspecified atom stereocenters. The molecule has 0 amide bonds. The van der Waals surface area contributed by atoms with Crippen LogP contribution in [-0.2, 0) is 6.18 Å². The average molecular weight is 402 g/mol. The molecule has 0 bridgehead atoms. The van der Waals surface area contributed by atoms with Gasteiger partial charge in [0.1, 0.15) is 5.82 Å². The maximum Gasteiger partial charge on any atom is 0.416 e. The van der Waals surface area contributed by atoms with Crippen LogP contribution in [-0.4, -0.2) is 27.0 Å². The molecule has 1 saturated carbocycles. The van der Waals surface area contributed by atoms with Crippen LogP contribution in [0.1, 0.15) is 31.2 Å². The average Bonchev–Trinajstić information content (AvgIpc) is 2.69. The first-order chi connectivity index (χ1) is 13.9. The molecular weight excluding hydrogens is 381 g/mol. The molecule has 0 radical (unpaired) electrons. The van der Waals surface area contributed by atoms with Gasteiger partial charge in [0.25, 0.3) is 0 Å². The standard InChI is InChI=1S/C20H21F3N6/c21-20(22,23)12-5-7-13(8-6-12)26-18-14-11-25-10-9-16(14)27-19(29-18)28-17-4-2-1-3-15(17)24/h5-11,15,17H,1-4,24H2,(H2,26,27,28,29)/t15-,17+/m1/s1. The summed E-state index contributed by atoms with van der Waals surface area (Å²) >= 11 is 0. The number of fused-ring (bicyclic) bond motifs is 1. The molecule has 3 aromatic rings. The number of hydrogen-bond acceptors (Lipinski definition) is 6. The van der Waals surface area contributed by atoms with E-state index in [0.29, 0.717) is 28.4 Å². The Bertz CT molecular complexity index is 990. The first kappa shape index (κ1) is 19.4. The van der Waals surface area contributed by atoms with Crippen molar-refractivity contribution in [2.45, 2.75) is 43.9 Å². The number of benzene rings is 1. The van der Waals surface area contributed by atoms with Crippen molar-refractivity contribution in [2.75, 3.05) is 10.6 Å². The predicted octanol–water partition coefficient (Wildman–Crippen LogP) is 4.47. The van der Waals surface area contributed by atoms with E-state index < -0.39 is 11.7 Å². The second kappa shape index (κ2) is 7.82. The number of nitrogens with one attached hydrogen (secondary N) is 2. The Morgan fingerprint density at radius 3 is 2.48 bits per heavy atom. The first-order valence-corrected chi connectivity index (χ1v) is 9.48. The quantitative estimate of drug-likeness (QED) is 0.597. The minimum atomic E-state index is -4.38. The Morgan fingerprint density at radius 1 is 1.00 bits per heavy atom. The Hall–Kier alpha value is -2.94. The summed E-state index contributed by atoms with van der Waals surface area (Å²) in [5.41, 5.74) is 6.68. The number of nitrogens with two attached hydrogens (primary N) is 1. The number of nitrogens with zero attached hydrogens (tertiary/aromatic N) is 3. The summed E-state index contributed by atoms with van der Waals surface area (Å²) in [6.07, 6.45) is 2.99. The Balaban J connectivity index is 1.64. The number of hydrogen-bond donors (Lipinski definition) is 3. The van der Waals surface area contributed by atoms with Gasteiger partial charge in [-0.05, 0) is 43.2 Å². The largest absolute Gasteiger partial charge is 0.416 e. The molecule has 0 spiro atoms. The van der Waals surface area contributed by atoms with Gasteiger partial charge in [0.05, 0.1) is 16.5 Å². The van der Waals surface area contributed by atoms with Gasteiger partial charge in [0.15, 0.2) is 0 Å². The summed E-state index contributed by atoms with van der Waals surface area (Å²) in [6.45, 7) is 0. The van der Waals surface area contributed by atoms with E-state index in [1.165, 1.54) is 12.1 Å². The highest BCUT2D eigenvalue weighted by molar-refractivity contribution is 5.91.